The maximum absolute atomic E-state index is 12.3. The van der Waals surface area contributed by atoms with Crippen LogP contribution in [0.3, 0.4) is 0 Å². The molecule has 0 radical (unpaired) electrons. The zero-order valence-corrected chi connectivity index (χ0v) is 17.2. The fourth-order valence-electron chi connectivity index (χ4n) is 2.94. The number of amides is 1. The summed E-state index contributed by atoms with van der Waals surface area (Å²) in [6.45, 7) is 0.233. The van der Waals surface area contributed by atoms with Gasteiger partial charge in [-0.05, 0) is 42.7 Å². The molecule has 1 heterocycles. The molecule has 0 unspecified atom stereocenters. The van der Waals surface area contributed by atoms with Gasteiger partial charge in [-0.1, -0.05) is 12.1 Å². The van der Waals surface area contributed by atoms with E-state index < -0.39 is 10.0 Å². The minimum absolute atomic E-state index is 0.0896. The largest absolute Gasteiger partial charge is 0.497 e. The van der Waals surface area contributed by atoms with Gasteiger partial charge in [0.2, 0.25) is 22.7 Å². The van der Waals surface area contributed by atoms with Gasteiger partial charge in [0.05, 0.1) is 19.1 Å². The molecule has 0 atom stereocenters. The van der Waals surface area contributed by atoms with Crippen LogP contribution in [0.5, 0.6) is 17.2 Å². The lowest BCUT2D eigenvalue weighted by Crippen LogP contribution is -2.40. The number of aryl methyl sites for hydroxylation is 1. The van der Waals surface area contributed by atoms with Crippen LogP contribution < -0.4 is 23.8 Å². The SMILES string of the molecule is COc1ccc(CCCNC(=O)CN(c2ccc3c(c2)OCO3)S(C)(=O)=O)cc1. The number of methoxy groups -OCH3 is 1. The second kappa shape index (κ2) is 9.04. The molecule has 0 bridgehead atoms. The molecule has 2 aromatic carbocycles. The van der Waals surface area contributed by atoms with Gasteiger partial charge in [-0.3, -0.25) is 9.10 Å². The molecule has 9 heteroatoms. The van der Waals surface area contributed by atoms with E-state index >= 15 is 0 Å². The number of sulfonamides is 1. The van der Waals surface area contributed by atoms with Gasteiger partial charge in [0.1, 0.15) is 12.3 Å². The van der Waals surface area contributed by atoms with Crippen molar-refractivity contribution in [2.75, 3.05) is 37.6 Å². The van der Waals surface area contributed by atoms with Crippen LogP contribution in [0.15, 0.2) is 42.5 Å². The van der Waals surface area contributed by atoms with Gasteiger partial charge >= 0.3 is 0 Å². The Morgan fingerprint density at radius 1 is 1.14 bits per heavy atom. The molecule has 0 aromatic heterocycles. The number of hydrogen-bond acceptors (Lipinski definition) is 6. The van der Waals surface area contributed by atoms with Crippen molar-refractivity contribution in [2.24, 2.45) is 0 Å². The predicted molar refractivity (Wildman–Crippen MR) is 109 cm³/mol. The maximum Gasteiger partial charge on any atom is 0.240 e. The molecule has 2 aromatic rings. The summed E-state index contributed by atoms with van der Waals surface area (Å²) in [5, 5.41) is 2.77. The standard InChI is InChI=1S/C20H24N2O6S/c1-26-17-8-5-15(6-9-17)4-3-11-21-20(23)13-22(29(2,24)25)16-7-10-18-19(12-16)28-14-27-18/h5-10,12H,3-4,11,13-14H2,1-2H3,(H,21,23). The summed E-state index contributed by atoms with van der Waals surface area (Å²) in [5.41, 5.74) is 1.49. The van der Waals surface area contributed by atoms with Crippen molar-refractivity contribution in [2.45, 2.75) is 12.8 Å². The van der Waals surface area contributed by atoms with E-state index in [1.165, 1.54) is 0 Å². The van der Waals surface area contributed by atoms with E-state index in [4.69, 9.17) is 14.2 Å². The number of nitrogens with one attached hydrogen (secondary N) is 1. The molecule has 1 amide bonds. The first kappa shape index (κ1) is 20.8. The molecule has 1 aliphatic rings. The molecule has 1 N–H and O–H groups in total. The van der Waals surface area contributed by atoms with E-state index in [0.717, 1.165) is 34.7 Å². The van der Waals surface area contributed by atoms with Crippen LogP contribution in [0.1, 0.15) is 12.0 Å². The highest BCUT2D eigenvalue weighted by Gasteiger charge is 2.23. The summed E-state index contributed by atoms with van der Waals surface area (Å²) >= 11 is 0. The van der Waals surface area contributed by atoms with Crippen LogP contribution in [0.25, 0.3) is 0 Å². The average Bonchev–Trinajstić information content (AvgIpc) is 3.17. The van der Waals surface area contributed by atoms with Gasteiger partial charge in [0.15, 0.2) is 11.5 Å². The van der Waals surface area contributed by atoms with Crippen LogP contribution in [0, 0.1) is 0 Å². The highest BCUT2D eigenvalue weighted by Crippen LogP contribution is 2.36. The molecule has 0 saturated heterocycles. The fraction of sp³-hybridized carbons (Fsp3) is 0.350. The molecular formula is C20H24N2O6S. The molecule has 8 nitrogen and oxygen atoms in total. The Morgan fingerprint density at radius 3 is 2.55 bits per heavy atom. The van der Waals surface area contributed by atoms with Gasteiger partial charge in [-0.25, -0.2) is 8.42 Å². The van der Waals surface area contributed by atoms with Crippen molar-refractivity contribution in [3.8, 4) is 17.2 Å². The lowest BCUT2D eigenvalue weighted by molar-refractivity contribution is -0.119. The summed E-state index contributed by atoms with van der Waals surface area (Å²) in [4.78, 5) is 12.3. The Morgan fingerprint density at radius 2 is 1.86 bits per heavy atom. The van der Waals surface area contributed by atoms with Gasteiger partial charge in [0, 0.05) is 12.6 Å². The summed E-state index contributed by atoms with van der Waals surface area (Å²) in [6.07, 6.45) is 2.59. The number of fused-ring (bicyclic) bond motifs is 1. The molecular weight excluding hydrogens is 396 g/mol. The van der Waals surface area contributed by atoms with Gasteiger partial charge in [0.25, 0.3) is 0 Å². The normalized spacial score (nSPS) is 12.5. The van der Waals surface area contributed by atoms with Gasteiger partial charge in [-0.2, -0.15) is 0 Å². The fourth-order valence-corrected chi connectivity index (χ4v) is 3.79. The Kier molecular flexibility index (Phi) is 6.48. The van der Waals surface area contributed by atoms with Gasteiger partial charge in [-0.15, -0.1) is 0 Å². The van der Waals surface area contributed by atoms with E-state index in [9.17, 15) is 13.2 Å². The first-order valence-electron chi connectivity index (χ1n) is 9.14. The number of carbonyl (C=O) groups is 1. The zero-order chi connectivity index (χ0) is 20.9. The Bertz CT molecular complexity index is 959. The van der Waals surface area contributed by atoms with Crippen molar-refractivity contribution in [1.82, 2.24) is 5.32 Å². The molecule has 0 spiro atoms. The Labute approximate surface area is 170 Å². The number of hydrogen-bond donors (Lipinski definition) is 1. The summed E-state index contributed by atoms with van der Waals surface area (Å²) in [7, 11) is -2.03. The maximum atomic E-state index is 12.3. The Hall–Kier alpha value is -2.94. The molecule has 156 valence electrons. The van der Waals surface area contributed by atoms with Crippen LogP contribution >= 0.6 is 0 Å². The van der Waals surface area contributed by atoms with Crippen LogP contribution in [0.4, 0.5) is 5.69 Å². The first-order valence-corrected chi connectivity index (χ1v) is 11.0. The molecule has 1 aliphatic heterocycles. The Balaban J connectivity index is 1.53. The minimum atomic E-state index is -3.65. The predicted octanol–water partition coefficient (Wildman–Crippen LogP) is 1.94. The first-order chi connectivity index (χ1) is 13.9. The third-order valence-corrected chi connectivity index (χ3v) is 5.60. The number of ether oxygens (including phenoxy) is 3. The van der Waals surface area contributed by atoms with E-state index in [2.05, 4.69) is 5.32 Å². The zero-order valence-electron chi connectivity index (χ0n) is 16.4. The number of nitrogens with zero attached hydrogens (tertiary/aromatic N) is 1. The lowest BCUT2D eigenvalue weighted by Gasteiger charge is -2.22. The van der Waals surface area contributed by atoms with Crippen molar-refractivity contribution in [1.29, 1.82) is 0 Å². The van der Waals surface area contributed by atoms with Gasteiger partial charge < -0.3 is 19.5 Å². The van der Waals surface area contributed by atoms with Crippen LogP contribution in [-0.4, -0.2) is 47.6 Å². The van der Waals surface area contributed by atoms with Crippen molar-refractivity contribution in [3.63, 3.8) is 0 Å². The topological polar surface area (TPSA) is 94.2 Å². The van der Waals surface area contributed by atoms with Crippen molar-refractivity contribution < 1.29 is 27.4 Å². The molecule has 3 rings (SSSR count). The third-order valence-electron chi connectivity index (χ3n) is 4.46. The summed E-state index contributed by atoms with van der Waals surface area (Å²) in [5.74, 6) is 1.43. The van der Waals surface area contributed by atoms with E-state index in [1.54, 1.807) is 25.3 Å². The molecule has 29 heavy (non-hydrogen) atoms. The van der Waals surface area contributed by atoms with E-state index in [-0.39, 0.29) is 19.2 Å². The second-order valence-electron chi connectivity index (χ2n) is 6.61. The third kappa shape index (κ3) is 5.54. The molecule has 0 saturated carbocycles. The smallest absolute Gasteiger partial charge is 0.240 e. The number of anilines is 1. The van der Waals surface area contributed by atoms with Crippen molar-refractivity contribution in [3.05, 3.63) is 48.0 Å². The monoisotopic (exact) mass is 420 g/mol. The van der Waals surface area contributed by atoms with Crippen LogP contribution in [-0.2, 0) is 21.2 Å². The summed E-state index contributed by atoms with van der Waals surface area (Å²) < 4.78 is 41.1. The minimum Gasteiger partial charge on any atom is -0.497 e. The average molecular weight is 420 g/mol. The van der Waals surface area contributed by atoms with E-state index in [0.29, 0.717) is 23.7 Å². The number of benzene rings is 2. The van der Waals surface area contributed by atoms with Crippen molar-refractivity contribution >= 4 is 21.6 Å². The summed E-state index contributed by atoms with van der Waals surface area (Å²) in [6, 6.07) is 12.5. The number of rotatable bonds is 9. The highest BCUT2D eigenvalue weighted by molar-refractivity contribution is 7.92. The molecule has 0 fully saturated rings. The van der Waals surface area contributed by atoms with Crippen LogP contribution in [0.2, 0.25) is 0 Å². The second-order valence-corrected chi connectivity index (χ2v) is 8.52. The van der Waals surface area contributed by atoms with E-state index in [1.807, 2.05) is 24.3 Å². The number of carbonyl (C=O) groups excluding carboxylic acids is 1. The lowest BCUT2D eigenvalue weighted by atomic mass is 10.1. The highest BCUT2D eigenvalue weighted by atomic mass is 32.2. The quantitative estimate of drug-likeness (QED) is 0.623. The molecule has 0 aliphatic carbocycles.